The van der Waals surface area contributed by atoms with E-state index in [1.807, 2.05) is 0 Å². The van der Waals surface area contributed by atoms with Crippen molar-refractivity contribution >= 4 is 5.82 Å². The highest BCUT2D eigenvalue weighted by Crippen LogP contribution is 2.27. The maximum absolute atomic E-state index is 11.5. The Balaban J connectivity index is 2.32. The van der Waals surface area contributed by atoms with Gasteiger partial charge >= 0.3 is 5.69 Å². The van der Waals surface area contributed by atoms with E-state index in [1.165, 1.54) is 12.3 Å². The van der Waals surface area contributed by atoms with Crippen molar-refractivity contribution in [1.29, 1.82) is 0 Å². The summed E-state index contributed by atoms with van der Waals surface area (Å²) < 4.78 is 6.19. The molecule has 0 saturated carbocycles. The molecule has 0 aromatic carbocycles. The van der Waals surface area contributed by atoms with E-state index >= 15 is 0 Å². The highest BCUT2D eigenvalue weighted by Gasteiger charge is 2.43. The van der Waals surface area contributed by atoms with Gasteiger partial charge in [-0.15, -0.1) is 0 Å². The van der Waals surface area contributed by atoms with Gasteiger partial charge in [-0.05, 0) is 6.07 Å². The van der Waals surface area contributed by atoms with Gasteiger partial charge in [0.05, 0.1) is 6.61 Å². The lowest BCUT2D eigenvalue weighted by atomic mass is 10.1. The van der Waals surface area contributed by atoms with Crippen LogP contribution in [0.4, 0.5) is 5.82 Å². The third-order valence-corrected chi connectivity index (χ3v) is 2.64. The van der Waals surface area contributed by atoms with Crippen molar-refractivity contribution in [1.82, 2.24) is 9.55 Å². The molecule has 2 heterocycles. The lowest BCUT2D eigenvalue weighted by molar-refractivity contribution is -0.0549. The zero-order valence-corrected chi connectivity index (χ0v) is 8.80. The lowest BCUT2D eigenvalue weighted by Crippen LogP contribution is -2.36. The van der Waals surface area contributed by atoms with Crippen LogP contribution < -0.4 is 11.4 Å². The Morgan fingerprint density at radius 1 is 1.47 bits per heavy atom. The van der Waals surface area contributed by atoms with Gasteiger partial charge in [-0.1, -0.05) is 0 Å². The quantitative estimate of drug-likeness (QED) is 0.449. The van der Waals surface area contributed by atoms with Crippen LogP contribution in [-0.2, 0) is 4.74 Å². The third-order valence-electron chi connectivity index (χ3n) is 2.64. The minimum Gasteiger partial charge on any atom is -0.394 e. The van der Waals surface area contributed by atoms with Crippen LogP contribution in [0.25, 0.3) is 0 Å². The second-order valence-corrected chi connectivity index (χ2v) is 3.77. The van der Waals surface area contributed by atoms with Crippen LogP contribution in [0.2, 0.25) is 0 Å². The van der Waals surface area contributed by atoms with Gasteiger partial charge in [-0.2, -0.15) is 4.98 Å². The van der Waals surface area contributed by atoms with Crippen LogP contribution in [0.5, 0.6) is 0 Å². The molecule has 0 amide bonds. The number of nitrogens with two attached hydrogens (primary N) is 1. The number of anilines is 1. The van der Waals surface area contributed by atoms with Gasteiger partial charge in [0, 0.05) is 6.20 Å². The summed E-state index contributed by atoms with van der Waals surface area (Å²) in [5.74, 6) is 0.0537. The first kappa shape index (κ1) is 12.0. The summed E-state index contributed by atoms with van der Waals surface area (Å²) in [4.78, 5) is 15.0. The number of aliphatic hydroxyl groups is 3. The monoisotopic (exact) mass is 243 g/mol. The number of hydrogen-bond donors (Lipinski definition) is 4. The largest absolute Gasteiger partial charge is 0.394 e. The summed E-state index contributed by atoms with van der Waals surface area (Å²) in [6.45, 7) is -0.453. The van der Waals surface area contributed by atoms with Crippen LogP contribution in [-0.4, -0.2) is 49.8 Å². The van der Waals surface area contributed by atoms with E-state index in [0.717, 1.165) is 4.57 Å². The van der Waals surface area contributed by atoms with Crippen molar-refractivity contribution in [3.8, 4) is 0 Å². The lowest BCUT2D eigenvalue weighted by Gasteiger charge is -2.16. The van der Waals surface area contributed by atoms with Crippen molar-refractivity contribution in [2.24, 2.45) is 0 Å². The predicted molar refractivity (Wildman–Crippen MR) is 55.9 cm³/mol. The van der Waals surface area contributed by atoms with Crippen molar-refractivity contribution in [3.63, 3.8) is 0 Å². The Hall–Kier alpha value is -1.48. The summed E-state index contributed by atoms with van der Waals surface area (Å²) in [7, 11) is 0. The first-order valence-corrected chi connectivity index (χ1v) is 5.01. The fraction of sp³-hybridized carbons (Fsp3) is 0.556. The first-order valence-electron chi connectivity index (χ1n) is 5.01. The fourth-order valence-corrected chi connectivity index (χ4v) is 1.73. The molecule has 1 aliphatic rings. The molecular formula is C9H13N3O5. The summed E-state index contributed by atoms with van der Waals surface area (Å²) >= 11 is 0. The SMILES string of the molecule is Nc1ccn(C2O[C@@H](CO)[C@@H](O)[C@@H]2O)c(=O)n1. The number of nitrogens with zero attached hydrogens (tertiary/aromatic N) is 2. The van der Waals surface area contributed by atoms with Gasteiger partial charge in [0.15, 0.2) is 6.23 Å². The predicted octanol–water partition coefficient (Wildman–Crippen LogP) is -2.56. The number of hydrogen-bond acceptors (Lipinski definition) is 7. The second-order valence-electron chi connectivity index (χ2n) is 3.77. The van der Waals surface area contributed by atoms with Crippen LogP contribution in [0.15, 0.2) is 17.1 Å². The van der Waals surface area contributed by atoms with Crippen LogP contribution in [0.1, 0.15) is 6.23 Å². The number of nitrogen functional groups attached to an aromatic ring is 1. The van der Waals surface area contributed by atoms with E-state index in [-0.39, 0.29) is 5.82 Å². The van der Waals surface area contributed by atoms with Crippen LogP contribution in [0.3, 0.4) is 0 Å². The van der Waals surface area contributed by atoms with E-state index in [0.29, 0.717) is 0 Å². The number of aromatic nitrogens is 2. The minimum absolute atomic E-state index is 0.0537. The van der Waals surface area contributed by atoms with Gasteiger partial charge in [0.1, 0.15) is 24.1 Å². The number of aliphatic hydroxyl groups excluding tert-OH is 3. The van der Waals surface area contributed by atoms with Crippen LogP contribution >= 0.6 is 0 Å². The van der Waals surface area contributed by atoms with E-state index in [9.17, 15) is 15.0 Å². The smallest absolute Gasteiger partial charge is 0.351 e. The Morgan fingerprint density at radius 2 is 2.18 bits per heavy atom. The molecule has 5 N–H and O–H groups in total. The molecule has 0 radical (unpaired) electrons. The van der Waals surface area contributed by atoms with E-state index in [1.54, 1.807) is 0 Å². The molecule has 0 aliphatic carbocycles. The fourth-order valence-electron chi connectivity index (χ4n) is 1.73. The molecule has 1 unspecified atom stereocenters. The highest BCUT2D eigenvalue weighted by molar-refractivity contribution is 5.23. The van der Waals surface area contributed by atoms with Crippen LogP contribution in [0, 0.1) is 0 Å². The van der Waals surface area contributed by atoms with Gasteiger partial charge in [-0.25, -0.2) is 4.79 Å². The number of ether oxygens (including phenoxy) is 1. The molecule has 1 fully saturated rings. The Morgan fingerprint density at radius 3 is 2.71 bits per heavy atom. The van der Waals surface area contributed by atoms with E-state index < -0.39 is 36.8 Å². The van der Waals surface area contributed by atoms with Crippen molar-refractivity contribution in [2.75, 3.05) is 12.3 Å². The molecule has 8 heteroatoms. The minimum atomic E-state index is -1.31. The molecule has 1 saturated heterocycles. The van der Waals surface area contributed by atoms with Gasteiger partial charge < -0.3 is 25.8 Å². The summed E-state index contributed by atoms with van der Waals surface area (Å²) in [5, 5.41) is 28.2. The molecule has 1 aromatic rings. The average molecular weight is 243 g/mol. The molecule has 8 nitrogen and oxygen atoms in total. The zero-order chi connectivity index (χ0) is 12.6. The molecule has 0 spiro atoms. The molecular weight excluding hydrogens is 230 g/mol. The summed E-state index contributed by atoms with van der Waals surface area (Å²) in [6, 6.07) is 1.37. The summed E-state index contributed by atoms with van der Waals surface area (Å²) in [5.41, 5.74) is 4.63. The standard InChI is InChI=1S/C9H13N3O5/c10-5-1-2-12(9(16)11-5)8-7(15)6(14)4(3-13)17-8/h1-2,4,6-8,13-15H,3H2,(H2,10,11,16)/t4-,6+,7-,8?/m0/s1. The third kappa shape index (κ3) is 2.03. The Labute approximate surface area is 95.9 Å². The van der Waals surface area contributed by atoms with Crippen molar-refractivity contribution in [2.45, 2.75) is 24.5 Å². The highest BCUT2D eigenvalue weighted by atomic mass is 16.6. The normalized spacial score (nSPS) is 32.9. The van der Waals surface area contributed by atoms with Gasteiger partial charge in [0.25, 0.3) is 0 Å². The average Bonchev–Trinajstić information content (AvgIpc) is 2.57. The maximum atomic E-state index is 11.5. The second kappa shape index (κ2) is 4.41. The molecule has 1 aromatic heterocycles. The Kier molecular flexibility index (Phi) is 3.11. The van der Waals surface area contributed by atoms with Gasteiger partial charge in [0.2, 0.25) is 0 Å². The number of rotatable bonds is 2. The zero-order valence-electron chi connectivity index (χ0n) is 8.80. The van der Waals surface area contributed by atoms with Gasteiger partial charge in [-0.3, -0.25) is 4.57 Å². The molecule has 17 heavy (non-hydrogen) atoms. The molecule has 4 atom stereocenters. The Bertz CT molecular complexity index is 462. The van der Waals surface area contributed by atoms with Crippen molar-refractivity contribution in [3.05, 3.63) is 22.7 Å². The maximum Gasteiger partial charge on any atom is 0.351 e. The summed E-state index contributed by atoms with van der Waals surface area (Å²) in [6.07, 6.45) is -3.27. The topological polar surface area (TPSA) is 131 Å². The molecule has 2 rings (SSSR count). The molecule has 94 valence electrons. The van der Waals surface area contributed by atoms with E-state index in [2.05, 4.69) is 4.98 Å². The molecule has 0 bridgehead atoms. The molecule has 1 aliphatic heterocycles. The first-order chi connectivity index (χ1) is 8.04. The van der Waals surface area contributed by atoms with Crippen molar-refractivity contribution < 1.29 is 20.1 Å². The van der Waals surface area contributed by atoms with E-state index in [4.69, 9.17) is 15.6 Å².